The molecule has 0 aromatic heterocycles. The minimum absolute atomic E-state index is 0.378. The number of β-amino-alcohol motifs (C(OH)–C–C–N with tert-alkyl or cyclic N) is 1. The summed E-state index contributed by atoms with van der Waals surface area (Å²) in [6, 6.07) is 10.5. The molecule has 0 bridgehead atoms. The highest BCUT2D eigenvalue weighted by Crippen LogP contribution is 2.16. The van der Waals surface area contributed by atoms with E-state index in [9.17, 15) is 5.11 Å². The molecule has 1 aliphatic heterocycles. The monoisotopic (exact) mass is 278 g/mol. The Balaban J connectivity index is 1.68. The molecule has 2 unspecified atom stereocenters. The van der Waals surface area contributed by atoms with Crippen LogP contribution in [0, 0.1) is 0 Å². The highest BCUT2D eigenvalue weighted by Gasteiger charge is 2.23. The summed E-state index contributed by atoms with van der Waals surface area (Å²) in [6.07, 6.45) is 3.16. The maximum absolute atomic E-state index is 10.1. The molecule has 0 spiro atoms. The first-order valence-corrected chi connectivity index (χ1v) is 7.53. The summed E-state index contributed by atoms with van der Waals surface area (Å²) in [5, 5.41) is 10.1. The second-order valence-electron chi connectivity index (χ2n) is 5.53. The van der Waals surface area contributed by atoms with Crippen LogP contribution in [0.3, 0.4) is 0 Å². The molecule has 1 heterocycles. The van der Waals surface area contributed by atoms with Gasteiger partial charge in [-0.3, -0.25) is 4.90 Å². The van der Waals surface area contributed by atoms with Crippen LogP contribution >= 0.6 is 0 Å². The normalized spacial score (nSPS) is 21.8. The molecular formula is C16H26N2O2. The summed E-state index contributed by atoms with van der Waals surface area (Å²) in [7, 11) is 0. The molecule has 1 saturated heterocycles. The Hall–Kier alpha value is -0.940. The molecule has 0 saturated carbocycles. The van der Waals surface area contributed by atoms with E-state index in [0.717, 1.165) is 18.5 Å². The summed E-state index contributed by atoms with van der Waals surface area (Å²) in [5.41, 5.74) is 6.93. The highest BCUT2D eigenvalue weighted by molar-refractivity contribution is 5.13. The number of hydrogen-bond acceptors (Lipinski definition) is 4. The predicted octanol–water partition coefficient (Wildman–Crippen LogP) is 1.38. The Morgan fingerprint density at radius 3 is 2.85 bits per heavy atom. The minimum atomic E-state index is -0.439. The highest BCUT2D eigenvalue weighted by atomic mass is 16.5. The van der Waals surface area contributed by atoms with Gasteiger partial charge in [0.2, 0.25) is 0 Å². The summed E-state index contributed by atoms with van der Waals surface area (Å²) < 4.78 is 5.58. The van der Waals surface area contributed by atoms with Gasteiger partial charge < -0.3 is 15.6 Å². The Bertz CT molecular complexity index is 372. The van der Waals surface area contributed by atoms with Gasteiger partial charge in [0, 0.05) is 19.1 Å². The van der Waals surface area contributed by atoms with Crippen molar-refractivity contribution >= 4 is 0 Å². The Morgan fingerprint density at radius 1 is 1.30 bits per heavy atom. The SMILES string of the molecule is NCC1CCCCN1CC(O)COCc1ccccc1. The lowest BCUT2D eigenvalue weighted by molar-refractivity contribution is -0.00237. The number of nitrogens with two attached hydrogens (primary N) is 1. The lowest BCUT2D eigenvalue weighted by Crippen LogP contribution is -2.48. The molecular weight excluding hydrogens is 252 g/mol. The van der Waals surface area contributed by atoms with Crippen LogP contribution in [0.15, 0.2) is 30.3 Å². The molecule has 4 nitrogen and oxygen atoms in total. The van der Waals surface area contributed by atoms with E-state index in [-0.39, 0.29) is 0 Å². The average Bonchev–Trinajstić information content (AvgIpc) is 2.49. The molecule has 0 amide bonds. The molecule has 1 aromatic rings. The van der Waals surface area contributed by atoms with Crippen LogP contribution in [0.5, 0.6) is 0 Å². The molecule has 1 aromatic carbocycles. The van der Waals surface area contributed by atoms with Crippen LogP contribution in [0.1, 0.15) is 24.8 Å². The van der Waals surface area contributed by atoms with Gasteiger partial charge in [-0.15, -0.1) is 0 Å². The summed E-state index contributed by atoms with van der Waals surface area (Å²) >= 11 is 0. The van der Waals surface area contributed by atoms with E-state index in [1.54, 1.807) is 0 Å². The molecule has 0 radical (unpaired) electrons. The molecule has 1 fully saturated rings. The molecule has 3 N–H and O–H groups in total. The van der Waals surface area contributed by atoms with Gasteiger partial charge >= 0.3 is 0 Å². The number of rotatable bonds is 7. The molecule has 2 atom stereocenters. The third-order valence-electron chi connectivity index (χ3n) is 3.89. The first kappa shape index (κ1) is 15.4. The van der Waals surface area contributed by atoms with Gasteiger partial charge in [0.1, 0.15) is 0 Å². The van der Waals surface area contributed by atoms with Crippen molar-refractivity contribution in [2.24, 2.45) is 5.73 Å². The lowest BCUT2D eigenvalue weighted by atomic mass is 10.0. The van der Waals surface area contributed by atoms with Gasteiger partial charge in [-0.2, -0.15) is 0 Å². The molecule has 20 heavy (non-hydrogen) atoms. The first-order valence-electron chi connectivity index (χ1n) is 7.53. The molecule has 0 aliphatic carbocycles. The third-order valence-corrected chi connectivity index (χ3v) is 3.89. The second-order valence-corrected chi connectivity index (χ2v) is 5.53. The zero-order chi connectivity index (χ0) is 14.2. The van der Waals surface area contributed by atoms with Crippen LogP contribution in [0.2, 0.25) is 0 Å². The van der Waals surface area contributed by atoms with Crippen molar-refractivity contribution in [3.63, 3.8) is 0 Å². The van der Waals surface area contributed by atoms with Crippen LogP contribution in [0.4, 0.5) is 0 Å². The Kier molecular flexibility index (Phi) is 6.47. The van der Waals surface area contributed by atoms with E-state index in [2.05, 4.69) is 4.90 Å². The van der Waals surface area contributed by atoms with Crippen molar-refractivity contribution in [3.05, 3.63) is 35.9 Å². The number of likely N-dealkylation sites (tertiary alicyclic amines) is 1. The van der Waals surface area contributed by atoms with Crippen molar-refractivity contribution in [3.8, 4) is 0 Å². The van der Waals surface area contributed by atoms with Gasteiger partial charge in [-0.25, -0.2) is 0 Å². The smallest absolute Gasteiger partial charge is 0.0900 e. The number of aliphatic hydroxyl groups is 1. The second kappa shape index (κ2) is 8.37. The fraction of sp³-hybridized carbons (Fsp3) is 0.625. The maximum Gasteiger partial charge on any atom is 0.0900 e. The van der Waals surface area contributed by atoms with Gasteiger partial charge in [0.15, 0.2) is 0 Å². The molecule has 112 valence electrons. The maximum atomic E-state index is 10.1. The fourth-order valence-corrected chi connectivity index (χ4v) is 2.78. The standard InChI is InChI=1S/C16H26N2O2/c17-10-15-8-4-5-9-18(15)11-16(19)13-20-12-14-6-2-1-3-7-14/h1-3,6-7,15-16,19H,4-5,8-13,17H2. The number of aliphatic hydroxyl groups excluding tert-OH is 1. The molecule has 2 rings (SSSR count). The summed E-state index contributed by atoms with van der Waals surface area (Å²) in [4.78, 5) is 2.31. The summed E-state index contributed by atoms with van der Waals surface area (Å²) in [6.45, 7) is 3.31. The number of ether oxygens (including phenoxy) is 1. The van der Waals surface area contributed by atoms with Crippen molar-refractivity contribution in [1.29, 1.82) is 0 Å². The lowest BCUT2D eigenvalue weighted by Gasteiger charge is -2.36. The van der Waals surface area contributed by atoms with Crippen molar-refractivity contribution < 1.29 is 9.84 Å². The van der Waals surface area contributed by atoms with Gasteiger partial charge in [-0.1, -0.05) is 36.8 Å². The fourth-order valence-electron chi connectivity index (χ4n) is 2.78. The Morgan fingerprint density at radius 2 is 2.10 bits per heavy atom. The van der Waals surface area contributed by atoms with Crippen LogP contribution in [-0.4, -0.2) is 48.4 Å². The van der Waals surface area contributed by atoms with E-state index in [1.807, 2.05) is 30.3 Å². The zero-order valence-corrected chi connectivity index (χ0v) is 12.1. The van der Waals surface area contributed by atoms with E-state index < -0.39 is 6.10 Å². The van der Waals surface area contributed by atoms with E-state index >= 15 is 0 Å². The Labute approximate surface area is 121 Å². The van der Waals surface area contributed by atoms with Gasteiger partial charge in [0.05, 0.1) is 19.3 Å². The van der Waals surface area contributed by atoms with Crippen LogP contribution in [0.25, 0.3) is 0 Å². The van der Waals surface area contributed by atoms with E-state index in [0.29, 0.717) is 32.3 Å². The number of hydrogen-bond donors (Lipinski definition) is 2. The number of piperidine rings is 1. The van der Waals surface area contributed by atoms with Gasteiger partial charge in [0.25, 0.3) is 0 Å². The van der Waals surface area contributed by atoms with Crippen molar-refractivity contribution in [1.82, 2.24) is 4.90 Å². The van der Waals surface area contributed by atoms with E-state index in [4.69, 9.17) is 10.5 Å². The predicted molar refractivity (Wildman–Crippen MR) is 80.4 cm³/mol. The average molecular weight is 278 g/mol. The topological polar surface area (TPSA) is 58.7 Å². The number of benzene rings is 1. The van der Waals surface area contributed by atoms with Crippen LogP contribution in [-0.2, 0) is 11.3 Å². The van der Waals surface area contributed by atoms with Crippen molar-refractivity contribution in [2.75, 3.05) is 26.2 Å². The summed E-state index contributed by atoms with van der Waals surface area (Å²) in [5.74, 6) is 0. The zero-order valence-electron chi connectivity index (χ0n) is 12.1. The minimum Gasteiger partial charge on any atom is -0.389 e. The molecule has 4 heteroatoms. The quantitative estimate of drug-likeness (QED) is 0.791. The molecule has 1 aliphatic rings. The van der Waals surface area contributed by atoms with Gasteiger partial charge in [-0.05, 0) is 24.9 Å². The first-order chi connectivity index (χ1) is 9.79. The third kappa shape index (κ3) is 4.87. The van der Waals surface area contributed by atoms with Crippen LogP contribution < -0.4 is 5.73 Å². The largest absolute Gasteiger partial charge is 0.389 e. The number of nitrogens with zero attached hydrogens (tertiary/aromatic N) is 1. The van der Waals surface area contributed by atoms with E-state index in [1.165, 1.54) is 12.8 Å². The van der Waals surface area contributed by atoms with Crippen molar-refractivity contribution in [2.45, 2.75) is 38.0 Å².